The van der Waals surface area contributed by atoms with Crippen LogP contribution in [0.3, 0.4) is 0 Å². The lowest BCUT2D eigenvalue weighted by Gasteiger charge is -2.31. The fourth-order valence-electron chi connectivity index (χ4n) is 3.48. The molecule has 1 saturated heterocycles. The van der Waals surface area contributed by atoms with Gasteiger partial charge in [0.2, 0.25) is 0 Å². The van der Waals surface area contributed by atoms with Crippen LogP contribution in [-0.4, -0.2) is 47.4 Å². The second-order valence-corrected chi connectivity index (χ2v) is 7.77. The van der Waals surface area contributed by atoms with E-state index in [1.165, 1.54) is 6.92 Å². The van der Waals surface area contributed by atoms with Gasteiger partial charge in [-0.2, -0.15) is 0 Å². The highest BCUT2D eigenvalue weighted by atomic mass is 16.6. The molecule has 0 amide bonds. The Balaban J connectivity index is 2.47. The second kappa shape index (κ2) is 9.39. The highest BCUT2D eigenvalue weighted by molar-refractivity contribution is 5.91. The molecule has 6 atom stereocenters. The van der Waals surface area contributed by atoms with Crippen molar-refractivity contribution in [2.75, 3.05) is 0 Å². The summed E-state index contributed by atoms with van der Waals surface area (Å²) >= 11 is 0. The Hall–Kier alpha value is -2.41. The maximum Gasteiger partial charge on any atom is 0.334 e. The molecule has 1 fully saturated rings. The minimum Gasteiger partial charge on any atom is -0.458 e. The molecular weight excluding hydrogens is 376 g/mol. The predicted octanol–water partition coefficient (Wildman–Crippen LogP) is 2.63. The lowest BCUT2D eigenvalue weighted by atomic mass is 9.83. The predicted molar refractivity (Wildman–Crippen MR) is 106 cm³/mol. The van der Waals surface area contributed by atoms with Gasteiger partial charge in [0.25, 0.3) is 0 Å². The maximum absolute atomic E-state index is 12.4. The topological polar surface area (TPSA) is 99.1 Å². The molecule has 29 heavy (non-hydrogen) atoms. The first-order valence-corrected chi connectivity index (χ1v) is 9.87. The molecule has 7 nitrogen and oxygen atoms in total. The molecule has 7 heteroatoms. The molecule has 0 unspecified atom stereocenters. The van der Waals surface area contributed by atoms with Gasteiger partial charge in [-0.05, 0) is 37.5 Å². The molecule has 0 aromatic heterocycles. The van der Waals surface area contributed by atoms with Gasteiger partial charge in [-0.25, -0.2) is 4.79 Å². The Bertz CT molecular complexity index is 748. The van der Waals surface area contributed by atoms with Crippen molar-refractivity contribution in [1.29, 1.82) is 0 Å². The molecule has 0 spiro atoms. The second-order valence-electron chi connectivity index (χ2n) is 7.77. The molecule has 0 radical (unpaired) electrons. The van der Waals surface area contributed by atoms with Gasteiger partial charge in [0.15, 0.2) is 0 Å². The molecule has 1 aliphatic heterocycles. The number of esters is 3. The van der Waals surface area contributed by atoms with Crippen LogP contribution in [-0.2, 0) is 28.6 Å². The normalized spacial score (nSPS) is 34.6. The molecule has 0 aromatic rings. The maximum atomic E-state index is 12.4. The standard InChI is InChI=1S/C22H30O7/c1-7-11(2)21(25)29-20-12(3)8-9-16(27-15(6)23)13(4)10-17-18(19(20)24)14(5)22(26)28-17/h8,10-11,16-20,24H,5,7,9H2,1-4,6H3/b12-8+,13-10-/t11-,16+,17+,18+,19+,20-/m1/s1. The van der Waals surface area contributed by atoms with Crippen LogP contribution < -0.4 is 0 Å². The highest BCUT2D eigenvalue weighted by Gasteiger charge is 2.46. The van der Waals surface area contributed by atoms with E-state index in [0.717, 1.165) is 0 Å². The van der Waals surface area contributed by atoms with Crippen molar-refractivity contribution < 1.29 is 33.7 Å². The number of aliphatic hydroxyl groups excluding tert-OH is 1. The third-order valence-corrected chi connectivity index (χ3v) is 5.54. The van der Waals surface area contributed by atoms with E-state index in [0.29, 0.717) is 24.0 Å². The number of hydrogen-bond donors (Lipinski definition) is 1. The summed E-state index contributed by atoms with van der Waals surface area (Å²) < 4.78 is 16.4. The van der Waals surface area contributed by atoms with E-state index in [1.807, 2.05) is 6.92 Å². The fourth-order valence-corrected chi connectivity index (χ4v) is 3.48. The third kappa shape index (κ3) is 5.15. The number of carbonyl (C=O) groups excluding carboxylic acids is 3. The van der Waals surface area contributed by atoms with E-state index < -0.39 is 48.2 Å². The van der Waals surface area contributed by atoms with Gasteiger partial charge in [0.05, 0.1) is 11.8 Å². The van der Waals surface area contributed by atoms with Crippen LogP contribution in [0, 0.1) is 11.8 Å². The number of hydrogen-bond acceptors (Lipinski definition) is 7. The smallest absolute Gasteiger partial charge is 0.334 e. The van der Waals surface area contributed by atoms with E-state index in [9.17, 15) is 19.5 Å². The Labute approximate surface area is 171 Å². The average molecular weight is 406 g/mol. The summed E-state index contributed by atoms with van der Waals surface area (Å²) in [5.74, 6) is -2.60. The summed E-state index contributed by atoms with van der Waals surface area (Å²) in [5, 5.41) is 11.1. The summed E-state index contributed by atoms with van der Waals surface area (Å²) in [6, 6.07) is 0. The van der Waals surface area contributed by atoms with Crippen LogP contribution in [0.4, 0.5) is 0 Å². The van der Waals surface area contributed by atoms with E-state index in [-0.39, 0.29) is 11.5 Å². The number of fused-ring (bicyclic) bond motifs is 1. The van der Waals surface area contributed by atoms with Crippen LogP contribution in [0.5, 0.6) is 0 Å². The van der Waals surface area contributed by atoms with Gasteiger partial charge >= 0.3 is 17.9 Å². The van der Waals surface area contributed by atoms with Crippen molar-refractivity contribution in [1.82, 2.24) is 0 Å². The van der Waals surface area contributed by atoms with Crippen molar-refractivity contribution >= 4 is 17.9 Å². The molecule has 160 valence electrons. The third-order valence-electron chi connectivity index (χ3n) is 5.54. The summed E-state index contributed by atoms with van der Waals surface area (Å²) in [7, 11) is 0. The number of rotatable bonds is 4. The number of carbonyl (C=O) groups is 3. The number of aliphatic hydroxyl groups is 1. The lowest BCUT2D eigenvalue weighted by Crippen LogP contribution is -2.42. The zero-order valence-electron chi connectivity index (χ0n) is 17.6. The minimum atomic E-state index is -1.21. The van der Waals surface area contributed by atoms with Crippen LogP contribution in [0.2, 0.25) is 0 Å². The van der Waals surface area contributed by atoms with Crippen LogP contribution in [0.25, 0.3) is 0 Å². The van der Waals surface area contributed by atoms with Crippen molar-refractivity contribution in [3.63, 3.8) is 0 Å². The van der Waals surface area contributed by atoms with Crippen molar-refractivity contribution in [3.05, 3.63) is 35.5 Å². The molecule has 1 heterocycles. The minimum absolute atomic E-state index is 0.119. The van der Waals surface area contributed by atoms with Crippen LogP contribution in [0.1, 0.15) is 47.5 Å². The van der Waals surface area contributed by atoms with E-state index in [1.54, 1.807) is 32.9 Å². The van der Waals surface area contributed by atoms with Gasteiger partial charge in [-0.3, -0.25) is 9.59 Å². The summed E-state index contributed by atoms with van der Waals surface area (Å²) in [5.41, 5.74) is 1.42. The van der Waals surface area contributed by atoms with E-state index in [2.05, 4.69) is 6.58 Å². The quantitative estimate of drug-likeness (QED) is 0.332. The average Bonchev–Trinajstić information content (AvgIpc) is 2.93. The Morgan fingerprint density at radius 1 is 1.31 bits per heavy atom. The summed E-state index contributed by atoms with van der Waals surface area (Å²) in [6.07, 6.45) is 0.849. The lowest BCUT2D eigenvalue weighted by molar-refractivity contribution is -0.159. The first kappa shape index (κ1) is 22.9. The van der Waals surface area contributed by atoms with E-state index >= 15 is 0 Å². The zero-order valence-corrected chi connectivity index (χ0v) is 17.6. The largest absolute Gasteiger partial charge is 0.458 e. The molecule has 0 saturated carbocycles. The number of ether oxygens (including phenoxy) is 3. The SMILES string of the molecule is C=C1C(=O)O[C@H]2/C=C(/C)[C@@H](OC(C)=O)C/C=C(\C)[C@@H](OC(=O)[C@H](C)CC)[C@@H](O)[C@@H]12. The molecule has 2 aliphatic rings. The van der Waals surface area contributed by atoms with Crippen molar-refractivity contribution in [2.45, 2.75) is 71.9 Å². The molecule has 1 N–H and O–H groups in total. The first-order chi connectivity index (χ1) is 13.6. The van der Waals surface area contributed by atoms with Gasteiger partial charge in [-0.15, -0.1) is 0 Å². The fraction of sp³-hybridized carbons (Fsp3) is 0.591. The highest BCUT2D eigenvalue weighted by Crippen LogP contribution is 2.36. The van der Waals surface area contributed by atoms with Crippen LogP contribution >= 0.6 is 0 Å². The Kier molecular flexibility index (Phi) is 7.41. The molecule has 2 rings (SSSR count). The monoisotopic (exact) mass is 406 g/mol. The van der Waals surface area contributed by atoms with Crippen LogP contribution in [0.15, 0.2) is 35.5 Å². The Morgan fingerprint density at radius 2 is 1.97 bits per heavy atom. The molecular formula is C22H30O7. The van der Waals surface area contributed by atoms with Gasteiger partial charge in [0.1, 0.15) is 24.4 Å². The first-order valence-electron chi connectivity index (χ1n) is 9.87. The summed E-state index contributed by atoms with van der Waals surface area (Å²) in [4.78, 5) is 36.1. The molecule has 0 aromatic carbocycles. The zero-order chi connectivity index (χ0) is 21.9. The summed E-state index contributed by atoms with van der Waals surface area (Å²) in [6.45, 7) is 12.2. The van der Waals surface area contributed by atoms with Gasteiger partial charge < -0.3 is 19.3 Å². The Morgan fingerprint density at radius 3 is 2.55 bits per heavy atom. The van der Waals surface area contributed by atoms with E-state index in [4.69, 9.17) is 14.2 Å². The van der Waals surface area contributed by atoms with Gasteiger partial charge in [-0.1, -0.05) is 26.5 Å². The van der Waals surface area contributed by atoms with Gasteiger partial charge in [0, 0.05) is 18.9 Å². The molecule has 0 bridgehead atoms. The van der Waals surface area contributed by atoms with Crippen molar-refractivity contribution in [2.24, 2.45) is 11.8 Å². The molecule has 1 aliphatic carbocycles. The van der Waals surface area contributed by atoms with Crippen molar-refractivity contribution in [3.8, 4) is 0 Å².